The number of carbonyl (C=O) groups is 1. The number of hydrogen-bond donors (Lipinski definition) is 2. The van der Waals surface area contributed by atoms with Crippen molar-refractivity contribution in [2.24, 2.45) is 5.10 Å². The highest BCUT2D eigenvalue weighted by molar-refractivity contribution is 6.34. The molecule has 0 radical (unpaired) electrons. The summed E-state index contributed by atoms with van der Waals surface area (Å²) in [6.45, 7) is 3.96. The molecule has 0 aromatic heterocycles. The number of aliphatic carboxylic acids is 1. The van der Waals surface area contributed by atoms with E-state index in [0.717, 1.165) is 11.1 Å². The molecule has 90 valence electrons. The summed E-state index contributed by atoms with van der Waals surface area (Å²) in [6.07, 6.45) is 1.97. The molecule has 0 heterocycles. The molecule has 4 nitrogen and oxygen atoms in total. The number of carboxylic acid groups (broad SMARTS) is 1. The van der Waals surface area contributed by atoms with Gasteiger partial charge in [-0.2, -0.15) is 5.10 Å². The molecule has 1 rings (SSSR count). The van der Waals surface area contributed by atoms with Gasteiger partial charge in [0.2, 0.25) is 0 Å². The Hall–Kier alpha value is -2.10. The second-order valence-corrected chi connectivity index (χ2v) is 3.62. The highest BCUT2D eigenvalue weighted by Gasteiger charge is 1.99. The van der Waals surface area contributed by atoms with Gasteiger partial charge in [-0.25, -0.2) is 4.79 Å². The van der Waals surface area contributed by atoms with E-state index in [1.807, 2.05) is 43.3 Å². The predicted octanol–water partition coefficient (Wildman–Crippen LogP) is 2.14. The van der Waals surface area contributed by atoms with Gasteiger partial charge < -0.3 is 10.5 Å². The van der Waals surface area contributed by atoms with Crippen molar-refractivity contribution < 1.29 is 9.90 Å². The van der Waals surface area contributed by atoms with E-state index in [4.69, 9.17) is 5.11 Å². The van der Waals surface area contributed by atoms with Crippen LogP contribution in [-0.2, 0) is 4.79 Å². The van der Waals surface area contributed by atoms with Gasteiger partial charge in [0.1, 0.15) is 5.71 Å². The number of benzene rings is 1. The number of hydrazone groups is 1. The molecule has 0 saturated heterocycles. The first-order valence-corrected chi connectivity index (χ1v) is 5.34. The number of nitrogens with one attached hydrogen (secondary N) is 1. The van der Waals surface area contributed by atoms with E-state index in [9.17, 15) is 4.79 Å². The second kappa shape index (κ2) is 6.48. The summed E-state index contributed by atoms with van der Waals surface area (Å²) < 4.78 is 0. The molecule has 0 spiro atoms. The smallest absolute Gasteiger partial charge is 0.351 e. The summed E-state index contributed by atoms with van der Waals surface area (Å²) in [5.41, 5.74) is 5.02. The Morgan fingerprint density at radius 3 is 2.59 bits per heavy atom. The normalized spacial score (nSPS) is 12.4. The Kier molecular flexibility index (Phi) is 4.94. The van der Waals surface area contributed by atoms with Crippen molar-refractivity contribution >= 4 is 17.3 Å². The van der Waals surface area contributed by atoms with Crippen LogP contribution in [0.4, 0.5) is 0 Å². The van der Waals surface area contributed by atoms with Crippen LogP contribution in [0.1, 0.15) is 19.4 Å². The predicted molar refractivity (Wildman–Crippen MR) is 68.8 cm³/mol. The molecule has 0 unspecified atom stereocenters. The van der Waals surface area contributed by atoms with Gasteiger partial charge in [0.05, 0.1) is 6.54 Å². The highest BCUT2D eigenvalue weighted by atomic mass is 16.4. The number of rotatable bonds is 5. The van der Waals surface area contributed by atoms with Crippen molar-refractivity contribution in [2.45, 2.75) is 13.8 Å². The summed E-state index contributed by atoms with van der Waals surface area (Å²) in [5, 5.41) is 12.3. The first-order chi connectivity index (χ1) is 8.11. The SMILES string of the molecule is CC(=CCN/N=C(/C)C(=O)O)c1ccccc1. The maximum absolute atomic E-state index is 10.5. The first kappa shape index (κ1) is 13.0. The fourth-order valence-electron chi connectivity index (χ4n) is 1.23. The largest absolute Gasteiger partial charge is 0.477 e. The van der Waals surface area contributed by atoms with Crippen LogP contribution in [0.3, 0.4) is 0 Å². The molecular weight excluding hydrogens is 216 g/mol. The number of allylic oxidation sites excluding steroid dienone is 1. The standard InChI is InChI=1S/C13H16N2O2/c1-10(12-6-4-3-5-7-12)8-9-14-15-11(2)13(16)17/h3-8,14H,9H2,1-2H3,(H,16,17)/b10-8?,15-11-. The van der Waals surface area contributed by atoms with E-state index in [2.05, 4.69) is 10.5 Å². The summed E-state index contributed by atoms with van der Waals surface area (Å²) >= 11 is 0. The van der Waals surface area contributed by atoms with Crippen molar-refractivity contribution in [3.05, 3.63) is 42.0 Å². The highest BCUT2D eigenvalue weighted by Crippen LogP contribution is 2.11. The molecule has 4 heteroatoms. The van der Waals surface area contributed by atoms with Crippen LogP contribution in [-0.4, -0.2) is 23.3 Å². The lowest BCUT2D eigenvalue weighted by molar-refractivity contribution is -0.129. The van der Waals surface area contributed by atoms with Crippen molar-refractivity contribution in [1.82, 2.24) is 5.43 Å². The molecule has 0 bridgehead atoms. The molecule has 0 fully saturated rings. The van der Waals surface area contributed by atoms with Gasteiger partial charge in [-0.15, -0.1) is 0 Å². The van der Waals surface area contributed by atoms with Crippen LogP contribution < -0.4 is 5.43 Å². The lowest BCUT2D eigenvalue weighted by atomic mass is 10.1. The van der Waals surface area contributed by atoms with Gasteiger partial charge in [0, 0.05) is 0 Å². The Labute approximate surface area is 101 Å². The minimum absolute atomic E-state index is 0.0516. The van der Waals surface area contributed by atoms with Gasteiger partial charge in [-0.05, 0) is 25.0 Å². The molecule has 0 aliphatic rings. The zero-order chi connectivity index (χ0) is 12.7. The molecule has 1 aromatic carbocycles. The fourth-order valence-corrected chi connectivity index (χ4v) is 1.23. The molecule has 2 N–H and O–H groups in total. The number of nitrogens with zero attached hydrogens (tertiary/aromatic N) is 1. The minimum atomic E-state index is -1.01. The first-order valence-electron chi connectivity index (χ1n) is 5.34. The van der Waals surface area contributed by atoms with Crippen molar-refractivity contribution in [3.63, 3.8) is 0 Å². The van der Waals surface area contributed by atoms with E-state index < -0.39 is 5.97 Å². The third-order valence-corrected chi connectivity index (χ3v) is 2.28. The fraction of sp³-hybridized carbons (Fsp3) is 0.231. The Morgan fingerprint density at radius 1 is 1.35 bits per heavy atom. The summed E-state index contributed by atoms with van der Waals surface area (Å²) in [6, 6.07) is 9.98. The Balaban J connectivity index is 2.50. The summed E-state index contributed by atoms with van der Waals surface area (Å²) in [4.78, 5) is 10.5. The lowest BCUT2D eigenvalue weighted by Gasteiger charge is -2.01. The van der Waals surface area contributed by atoms with Gasteiger partial charge in [-0.3, -0.25) is 0 Å². The maximum atomic E-state index is 10.5. The van der Waals surface area contributed by atoms with Gasteiger partial charge in [0.15, 0.2) is 0 Å². The quantitative estimate of drug-likeness (QED) is 0.464. The van der Waals surface area contributed by atoms with E-state index in [0.29, 0.717) is 6.54 Å². The zero-order valence-corrected chi connectivity index (χ0v) is 9.97. The average molecular weight is 232 g/mol. The molecule has 0 aliphatic carbocycles. The topological polar surface area (TPSA) is 61.7 Å². The van der Waals surface area contributed by atoms with Crippen LogP contribution in [0.5, 0.6) is 0 Å². The van der Waals surface area contributed by atoms with Crippen molar-refractivity contribution in [3.8, 4) is 0 Å². The second-order valence-electron chi connectivity index (χ2n) is 3.62. The van der Waals surface area contributed by atoms with Crippen LogP contribution in [0.25, 0.3) is 5.57 Å². The molecule has 17 heavy (non-hydrogen) atoms. The van der Waals surface area contributed by atoms with Gasteiger partial charge in [0.25, 0.3) is 0 Å². The van der Waals surface area contributed by atoms with E-state index in [1.165, 1.54) is 6.92 Å². The lowest BCUT2D eigenvalue weighted by Crippen LogP contribution is -2.15. The molecule has 0 atom stereocenters. The van der Waals surface area contributed by atoms with Gasteiger partial charge >= 0.3 is 5.97 Å². The molecule has 0 saturated carbocycles. The molecule has 1 aromatic rings. The van der Waals surface area contributed by atoms with E-state index in [-0.39, 0.29) is 5.71 Å². The zero-order valence-electron chi connectivity index (χ0n) is 9.97. The van der Waals surface area contributed by atoms with Crippen molar-refractivity contribution in [2.75, 3.05) is 6.54 Å². The summed E-state index contributed by atoms with van der Waals surface area (Å²) in [5.74, 6) is -1.01. The van der Waals surface area contributed by atoms with Crippen molar-refractivity contribution in [1.29, 1.82) is 0 Å². The van der Waals surface area contributed by atoms with E-state index in [1.54, 1.807) is 0 Å². The van der Waals surface area contributed by atoms with Gasteiger partial charge in [-0.1, -0.05) is 36.4 Å². The third kappa shape index (κ3) is 4.51. The average Bonchev–Trinajstić information content (AvgIpc) is 2.35. The minimum Gasteiger partial charge on any atom is -0.477 e. The molecule has 0 amide bonds. The summed E-state index contributed by atoms with van der Waals surface area (Å²) in [7, 11) is 0. The van der Waals surface area contributed by atoms with Crippen LogP contribution >= 0.6 is 0 Å². The van der Waals surface area contributed by atoms with Crippen LogP contribution in [0.2, 0.25) is 0 Å². The maximum Gasteiger partial charge on any atom is 0.351 e. The van der Waals surface area contributed by atoms with Crippen LogP contribution in [0, 0.1) is 0 Å². The monoisotopic (exact) mass is 232 g/mol. The van der Waals surface area contributed by atoms with E-state index >= 15 is 0 Å². The molecule has 0 aliphatic heterocycles. The number of hydrogen-bond acceptors (Lipinski definition) is 3. The van der Waals surface area contributed by atoms with Crippen LogP contribution in [0.15, 0.2) is 41.5 Å². The Bertz CT molecular complexity index is 436. The molecular formula is C13H16N2O2. The Morgan fingerprint density at radius 2 is 2.00 bits per heavy atom. The third-order valence-electron chi connectivity index (χ3n) is 2.28. The number of carboxylic acids is 1.